The van der Waals surface area contributed by atoms with E-state index in [0.29, 0.717) is 0 Å². The SMILES string of the molecule is C=C(C)C(=O)O/C=C(/C)C(=O)O. The van der Waals surface area contributed by atoms with Gasteiger partial charge in [-0.1, -0.05) is 6.58 Å². The fourth-order valence-electron chi connectivity index (χ4n) is 0.293. The topological polar surface area (TPSA) is 63.6 Å². The Kier molecular flexibility index (Phi) is 3.76. The highest BCUT2D eigenvalue weighted by Gasteiger charge is 2.03. The number of hydrogen-bond acceptors (Lipinski definition) is 3. The average Bonchev–Trinajstić information content (AvgIpc) is 1.98. The number of carbonyl (C=O) groups excluding carboxylic acids is 1. The van der Waals surface area contributed by atoms with E-state index in [1.54, 1.807) is 0 Å². The Hall–Kier alpha value is -1.58. The number of hydrogen-bond donors (Lipinski definition) is 1. The van der Waals surface area contributed by atoms with Crippen LogP contribution in [-0.2, 0) is 14.3 Å². The van der Waals surface area contributed by atoms with Crippen molar-refractivity contribution < 1.29 is 19.4 Å². The van der Waals surface area contributed by atoms with Crippen molar-refractivity contribution in [1.29, 1.82) is 0 Å². The van der Waals surface area contributed by atoms with Crippen LogP contribution < -0.4 is 0 Å². The zero-order valence-electron chi connectivity index (χ0n) is 6.96. The molecule has 0 heterocycles. The molecule has 0 aromatic carbocycles. The normalized spacial score (nSPS) is 10.7. The molecule has 0 aromatic rings. The van der Waals surface area contributed by atoms with Crippen LogP contribution in [0.2, 0.25) is 0 Å². The molecule has 1 N–H and O–H groups in total. The van der Waals surface area contributed by atoms with Crippen LogP contribution >= 0.6 is 0 Å². The van der Waals surface area contributed by atoms with Crippen molar-refractivity contribution in [3.8, 4) is 0 Å². The minimum atomic E-state index is -1.12. The molecule has 0 unspecified atom stereocenters. The van der Waals surface area contributed by atoms with Crippen molar-refractivity contribution in [2.45, 2.75) is 13.8 Å². The van der Waals surface area contributed by atoms with Gasteiger partial charge in [0, 0.05) is 5.57 Å². The van der Waals surface area contributed by atoms with E-state index in [4.69, 9.17) is 5.11 Å². The molecule has 0 aliphatic carbocycles. The number of aliphatic carboxylic acids is 1. The molecular formula is C8H10O4. The molecule has 0 rings (SSSR count). The lowest BCUT2D eigenvalue weighted by Crippen LogP contribution is -2.03. The first kappa shape index (κ1) is 10.4. The summed E-state index contributed by atoms with van der Waals surface area (Å²) in [6.45, 7) is 6.13. The minimum Gasteiger partial charge on any atom is -0.478 e. The zero-order valence-corrected chi connectivity index (χ0v) is 6.96. The summed E-state index contributed by atoms with van der Waals surface area (Å²) in [7, 11) is 0. The predicted octanol–water partition coefficient (Wildman–Crippen LogP) is 1.09. The molecule has 4 nitrogen and oxygen atoms in total. The molecule has 12 heavy (non-hydrogen) atoms. The Morgan fingerprint density at radius 3 is 2.25 bits per heavy atom. The Balaban J connectivity index is 4.14. The first-order chi connectivity index (χ1) is 5.45. The van der Waals surface area contributed by atoms with Crippen LogP contribution in [0.15, 0.2) is 24.0 Å². The van der Waals surface area contributed by atoms with Crippen molar-refractivity contribution in [3.05, 3.63) is 24.0 Å². The molecule has 0 aliphatic heterocycles. The number of carboxylic acids is 1. The van der Waals surface area contributed by atoms with Crippen LogP contribution in [0.1, 0.15) is 13.8 Å². The van der Waals surface area contributed by atoms with Gasteiger partial charge in [0.1, 0.15) is 6.26 Å². The third-order valence-corrected chi connectivity index (χ3v) is 1.03. The van der Waals surface area contributed by atoms with E-state index >= 15 is 0 Å². The Morgan fingerprint density at radius 1 is 1.42 bits per heavy atom. The highest BCUT2D eigenvalue weighted by molar-refractivity contribution is 5.89. The van der Waals surface area contributed by atoms with E-state index in [-0.39, 0.29) is 11.1 Å². The third kappa shape index (κ3) is 3.55. The predicted molar refractivity (Wildman–Crippen MR) is 42.3 cm³/mol. The first-order valence-electron chi connectivity index (χ1n) is 3.21. The van der Waals surface area contributed by atoms with Gasteiger partial charge in [-0.25, -0.2) is 9.59 Å². The molecular weight excluding hydrogens is 160 g/mol. The van der Waals surface area contributed by atoms with Crippen molar-refractivity contribution in [1.82, 2.24) is 0 Å². The Morgan fingerprint density at radius 2 is 1.92 bits per heavy atom. The lowest BCUT2D eigenvalue weighted by Gasteiger charge is -1.97. The second kappa shape index (κ2) is 4.33. The Labute approximate surface area is 70.1 Å². The van der Waals surface area contributed by atoms with Crippen LogP contribution in [0.4, 0.5) is 0 Å². The van der Waals surface area contributed by atoms with E-state index in [2.05, 4.69) is 11.3 Å². The maximum atomic E-state index is 10.7. The number of carbonyl (C=O) groups is 2. The quantitative estimate of drug-likeness (QED) is 0.391. The van der Waals surface area contributed by atoms with Crippen LogP contribution in [0.3, 0.4) is 0 Å². The summed E-state index contributed by atoms with van der Waals surface area (Å²) in [5.74, 6) is -1.75. The van der Waals surface area contributed by atoms with Gasteiger partial charge in [-0.3, -0.25) is 0 Å². The van der Waals surface area contributed by atoms with Crippen LogP contribution in [0.5, 0.6) is 0 Å². The summed E-state index contributed by atoms with van der Waals surface area (Å²) < 4.78 is 4.45. The lowest BCUT2D eigenvalue weighted by molar-refractivity contribution is -0.134. The molecule has 66 valence electrons. The van der Waals surface area contributed by atoms with Crippen LogP contribution in [0, 0.1) is 0 Å². The summed E-state index contributed by atoms with van der Waals surface area (Å²) in [5, 5.41) is 8.35. The molecule has 4 heteroatoms. The van der Waals surface area contributed by atoms with Gasteiger partial charge in [0.25, 0.3) is 0 Å². The minimum absolute atomic E-state index is 0.0374. The first-order valence-corrected chi connectivity index (χ1v) is 3.21. The van der Waals surface area contributed by atoms with Gasteiger partial charge in [0.05, 0.1) is 5.57 Å². The number of ether oxygens (including phenoxy) is 1. The summed E-state index contributed by atoms with van der Waals surface area (Å²) in [5.41, 5.74) is 0.189. The molecule has 0 atom stereocenters. The smallest absolute Gasteiger partial charge is 0.337 e. The van der Waals surface area contributed by atoms with Gasteiger partial charge in [-0.15, -0.1) is 0 Å². The number of rotatable bonds is 3. The van der Waals surface area contributed by atoms with Gasteiger partial charge < -0.3 is 9.84 Å². The summed E-state index contributed by atoms with van der Waals surface area (Å²) in [4.78, 5) is 20.9. The van der Waals surface area contributed by atoms with Crippen molar-refractivity contribution >= 4 is 11.9 Å². The van der Waals surface area contributed by atoms with E-state index in [0.717, 1.165) is 6.26 Å². The van der Waals surface area contributed by atoms with E-state index in [9.17, 15) is 9.59 Å². The second-order valence-corrected chi connectivity index (χ2v) is 2.29. The van der Waals surface area contributed by atoms with Crippen molar-refractivity contribution in [3.63, 3.8) is 0 Å². The maximum Gasteiger partial charge on any atom is 0.337 e. The molecule has 0 fully saturated rings. The molecule has 0 saturated heterocycles. The highest BCUT2D eigenvalue weighted by Crippen LogP contribution is 1.97. The molecule has 0 aliphatic rings. The molecule has 0 saturated carbocycles. The largest absolute Gasteiger partial charge is 0.478 e. The van der Waals surface area contributed by atoms with Gasteiger partial charge in [-0.2, -0.15) is 0 Å². The summed E-state index contributed by atoms with van der Waals surface area (Å²) in [6, 6.07) is 0. The van der Waals surface area contributed by atoms with Gasteiger partial charge in [0.2, 0.25) is 0 Å². The van der Waals surface area contributed by atoms with Crippen LogP contribution in [-0.4, -0.2) is 17.0 Å². The molecule has 0 aromatic heterocycles. The van der Waals surface area contributed by atoms with Crippen molar-refractivity contribution in [2.24, 2.45) is 0 Å². The van der Waals surface area contributed by atoms with E-state index < -0.39 is 11.9 Å². The van der Waals surface area contributed by atoms with Crippen molar-refractivity contribution in [2.75, 3.05) is 0 Å². The Bertz CT molecular complexity index is 250. The standard InChI is InChI=1S/C8H10O4/c1-5(2)8(11)12-4-6(3)7(9)10/h4H,1H2,2-3H3,(H,9,10)/b6-4-. The van der Waals surface area contributed by atoms with Crippen LogP contribution in [0.25, 0.3) is 0 Å². The van der Waals surface area contributed by atoms with E-state index in [1.807, 2.05) is 0 Å². The lowest BCUT2D eigenvalue weighted by atomic mass is 10.3. The zero-order chi connectivity index (χ0) is 9.72. The fourth-order valence-corrected chi connectivity index (χ4v) is 0.293. The van der Waals surface area contributed by atoms with E-state index in [1.165, 1.54) is 13.8 Å². The molecule has 0 bridgehead atoms. The van der Waals surface area contributed by atoms with Gasteiger partial charge in [-0.05, 0) is 13.8 Å². The number of carboxylic acid groups (broad SMARTS) is 1. The molecule has 0 radical (unpaired) electrons. The highest BCUT2D eigenvalue weighted by atomic mass is 16.5. The second-order valence-electron chi connectivity index (χ2n) is 2.29. The molecule has 0 spiro atoms. The maximum absolute atomic E-state index is 10.7. The third-order valence-electron chi connectivity index (χ3n) is 1.03. The van der Waals surface area contributed by atoms with Gasteiger partial charge in [0.15, 0.2) is 0 Å². The number of esters is 1. The fraction of sp³-hybridized carbons (Fsp3) is 0.250. The molecule has 0 amide bonds. The average molecular weight is 170 g/mol. The summed E-state index contributed by atoms with van der Waals surface area (Å²) in [6.07, 6.45) is 0.888. The summed E-state index contributed by atoms with van der Waals surface area (Å²) >= 11 is 0. The van der Waals surface area contributed by atoms with Gasteiger partial charge >= 0.3 is 11.9 Å². The monoisotopic (exact) mass is 170 g/mol.